The zero-order valence-corrected chi connectivity index (χ0v) is 11.7. The molecule has 1 saturated heterocycles. The largest absolute Gasteiger partial charge is 0.484 e. The van der Waals surface area contributed by atoms with Gasteiger partial charge >= 0.3 is 0 Å². The van der Waals surface area contributed by atoms with Gasteiger partial charge in [-0.3, -0.25) is 4.79 Å². The molecule has 2 rings (SSSR count). The number of quaternary nitrogens is 1. The average Bonchev–Trinajstić information content (AvgIpc) is 2.92. The molecule has 0 bridgehead atoms. The summed E-state index contributed by atoms with van der Waals surface area (Å²) in [4.78, 5) is 11.8. The highest BCUT2D eigenvalue weighted by atomic mass is 16.5. The lowest BCUT2D eigenvalue weighted by molar-refractivity contribution is -0.638. The fraction of sp³-hybridized carbons (Fsp3) is 0.533. The molecule has 19 heavy (non-hydrogen) atoms. The second-order valence-corrected chi connectivity index (χ2v) is 5.03. The number of nitrogens with one attached hydrogen (secondary N) is 1. The van der Waals surface area contributed by atoms with Crippen molar-refractivity contribution in [1.29, 1.82) is 0 Å². The maximum absolute atomic E-state index is 11.8. The first-order chi connectivity index (χ1) is 9.20. The zero-order valence-electron chi connectivity index (χ0n) is 11.7. The van der Waals surface area contributed by atoms with E-state index < -0.39 is 0 Å². The molecule has 3 N–H and O–H groups in total. The van der Waals surface area contributed by atoms with Crippen LogP contribution in [0.25, 0.3) is 0 Å². The van der Waals surface area contributed by atoms with Crippen molar-refractivity contribution in [3.05, 3.63) is 29.8 Å². The van der Waals surface area contributed by atoms with Gasteiger partial charge in [-0.25, -0.2) is 0 Å². The second-order valence-electron chi connectivity index (χ2n) is 5.03. The number of carbonyl (C=O) groups is 1. The standard InChI is InChI=1S/C15H22N2O2/c1-3-17-15(18)11(2)12-4-6-13(7-5-12)19-14-8-9-16-10-14/h4-7,11,14,16H,3,8-10H2,1-2H3,(H,17,18)/p+1/t11?,14-/m1/s1. The summed E-state index contributed by atoms with van der Waals surface area (Å²) in [6, 6.07) is 7.88. The van der Waals surface area contributed by atoms with Gasteiger partial charge in [0, 0.05) is 13.0 Å². The van der Waals surface area contributed by atoms with Crippen molar-refractivity contribution >= 4 is 5.91 Å². The Bertz CT molecular complexity index is 411. The van der Waals surface area contributed by atoms with E-state index >= 15 is 0 Å². The Morgan fingerprint density at radius 1 is 1.47 bits per heavy atom. The molecule has 0 aromatic heterocycles. The van der Waals surface area contributed by atoms with Crippen molar-refractivity contribution in [3.8, 4) is 5.75 Å². The fourth-order valence-corrected chi connectivity index (χ4v) is 2.34. The van der Waals surface area contributed by atoms with Crippen molar-refractivity contribution in [3.63, 3.8) is 0 Å². The van der Waals surface area contributed by atoms with Crippen LogP contribution >= 0.6 is 0 Å². The molecule has 4 heteroatoms. The summed E-state index contributed by atoms with van der Waals surface area (Å²) in [6.45, 7) is 6.71. The van der Waals surface area contributed by atoms with Crippen molar-refractivity contribution in [1.82, 2.24) is 5.32 Å². The maximum Gasteiger partial charge on any atom is 0.227 e. The number of benzene rings is 1. The highest BCUT2D eigenvalue weighted by Crippen LogP contribution is 2.20. The van der Waals surface area contributed by atoms with Crippen LogP contribution in [-0.2, 0) is 4.79 Å². The highest BCUT2D eigenvalue weighted by molar-refractivity contribution is 5.83. The number of rotatable bonds is 5. The topological polar surface area (TPSA) is 54.9 Å². The lowest BCUT2D eigenvalue weighted by atomic mass is 10.0. The number of nitrogens with two attached hydrogens (primary N) is 1. The lowest BCUT2D eigenvalue weighted by Crippen LogP contribution is -2.81. The Hall–Kier alpha value is -1.55. The third-order valence-corrected chi connectivity index (χ3v) is 3.55. The van der Waals surface area contributed by atoms with Crippen LogP contribution < -0.4 is 15.4 Å². The monoisotopic (exact) mass is 263 g/mol. The molecule has 2 atom stereocenters. The van der Waals surface area contributed by atoms with Gasteiger partial charge in [-0.15, -0.1) is 0 Å². The molecule has 104 valence electrons. The zero-order chi connectivity index (χ0) is 13.7. The number of carbonyl (C=O) groups excluding carboxylic acids is 1. The van der Waals surface area contributed by atoms with E-state index in [0.29, 0.717) is 12.6 Å². The SMILES string of the molecule is CCNC(=O)C(C)c1ccc(O[C@@H]2CC[NH2+]C2)cc1. The molecule has 0 radical (unpaired) electrons. The summed E-state index contributed by atoms with van der Waals surface area (Å²) in [5.74, 6) is 0.850. The minimum Gasteiger partial charge on any atom is -0.484 e. The van der Waals surface area contributed by atoms with Gasteiger partial charge in [0.15, 0.2) is 6.10 Å². The maximum atomic E-state index is 11.8. The summed E-state index contributed by atoms with van der Waals surface area (Å²) in [5, 5.41) is 5.12. The predicted molar refractivity (Wildman–Crippen MR) is 74.2 cm³/mol. The van der Waals surface area contributed by atoms with Crippen LogP contribution in [0.5, 0.6) is 5.75 Å². The molecule has 1 aromatic rings. The van der Waals surface area contributed by atoms with Crippen molar-refractivity contribution < 1.29 is 14.8 Å². The van der Waals surface area contributed by atoms with E-state index in [1.54, 1.807) is 0 Å². The van der Waals surface area contributed by atoms with Crippen molar-refractivity contribution in [2.24, 2.45) is 0 Å². The summed E-state index contributed by atoms with van der Waals surface area (Å²) in [7, 11) is 0. The van der Waals surface area contributed by atoms with E-state index in [0.717, 1.165) is 30.8 Å². The van der Waals surface area contributed by atoms with Gasteiger partial charge in [-0.1, -0.05) is 12.1 Å². The molecule has 1 aromatic carbocycles. The van der Waals surface area contributed by atoms with Crippen LogP contribution in [0.15, 0.2) is 24.3 Å². The Balaban J connectivity index is 1.95. The third kappa shape index (κ3) is 3.70. The molecule has 1 unspecified atom stereocenters. The van der Waals surface area contributed by atoms with Crippen molar-refractivity contribution in [2.75, 3.05) is 19.6 Å². The first-order valence-corrected chi connectivity index (χ1v) is 7.06. The minimum absolute atomic E-state index is 0.0709. The molecule has 0 aliphatic carbocycles. The van der Waals surface area contributed by atoms with E-state index in [9.17, 15) is 4.79 Å². The van der Waals surface area contributed by atoms with Crippen LogP contribution in [0.4, 0.5) is 0 Å². The molecular weight excluding hydrogens is 240 g/mol. The number of hydrogen-bond acceptors (Lipinski definition) is 2. The smallest absolute Gasteiger partial charge is 0.227 e. The van der Waals surface area contributed by atoms with Gasteiger partial charge in [0.05, 0.1) is 12.5 Å². The summed E-state index contributed by atoms with van der Waals surface area (Å²) >= 11 is 0. The Morgan fingerprint density at radius 2 is 2.21 bits per heavy atom. The molecule has 1 heterocycles. The predicted octanol–water partition coefficient (Wildman–Crippen LogP) is 0.641. The minimum atomic E-state index is -0.117. The van der Waals surface area contributed by atoms with Gasteiger partial charge in [0.1, 0.15) is 12.3 Å². The van der Waals surface area contributed by atoms with E-state index in [4.69, 9.17) is 4.74 Å². The van der Waals surface area contributed by atoms with E-state index in [1.807, 2.05) is 38.1 Å². The number of ether oxygens (including phenoxy) is 1. The van der Waals surface area contributed by atoms with Gasteiger partial charge in [-0.2, -0.15) is 0 Å². The lowest BCUT2D eigenvalue weighted by Gasteiger charge is -2.14. The van der Waals surface area contributed by atoms with E-state index in [2.05, 4.69) is 10.6 Å². The molecular formula is C15H23N2O2+. The second kappa shape index (κ2) is 6.57. The van der Waals surface area contributed by atoms with Crippen LogP contribution in [0.2, 0.25) is 0 Å². The Morgan fingerprint density at radius 3 is 2.79 bits per heavy atom. The average molecular weight is 263 g/mol. The van der Waals surface area contributed by atoms with Gasteiger partial charge < -0.3 is 15.4 Å². The Kier molecular flexibility index (Phi) is 4.80. The van der Waals surface area contributed by atoms with Gasteiger partial charge in [0.25, 0.3) is 0 Å². The van der Waals surface area contributed by atoms with Crippen LogP contribution in [0.1, 0.15) is 31.7 Å². The Labute approximate surface area is 114 Å². The third-order valence-electron chi connectivity index (χ3n) is 3.55. The number of hydrogen-bond donors (Lipinski definition) is 2. The summed E-state index contributed by atoms with van der Waals surface area (Å²) in [6.07, 6.45) is 1.43. The van der Waals surface area contributed by atoms with Gasteiger partial charge in [-0.05, 0) is 31.5 Å². The quantitative estimate of drug-likeness (QED) is 0.819. The van der Waals surface area contributed by atoms with Gasteiger partial charge in [0.2, 0.25) is 5.91 Å². The number of amides is 1. The summed E-state index contributed by atoms with van der Waals surface area (Å²) < 4.78 is 5.89. The first-order valence-electron chi connectivity index (χ1n) is 7.06. The van der Waals surface area contributed by atoms with Crippen molar-refractivity contribution in [2.45, 2.75) is 32.3 Å². The molecule has 0 spiro atoms. The molecule has 1 aliphatic rings. The van der Waals surface area contributed by atoms with E-state index in [-0.39, 0.29) is 11.8 Å². The normalized spacial score (nSPS) is 20.0. The molecule has 1 amide bonds. The summed E-state index contributed by atoms with van der Waals surface area (Å²) in [5.41, 5.74) is 1.02. The van der Waals surface area contributed by atoms with E-state index in [1.165, 1.54) is 0 Å². The molecule has 0 saturated carbocycles. The first kappa shape index (κ1) is 13.9. The van der Waals surface area contributed by atoms with Crippen LogP contribution in [0.3, 0.4) is 0 Å². The van der Waals surface area contributed by atoms with Crippen LogP contribution in [0, 0.1) is 0 Å². The molecule has 1 fully saturated rings. The molecule has 1 aliphatic heterocycles. The molecule has 4 nitrogen and oxygen atoms in total. The fourth-order valence-electron chi connectivity index (χ4n) is 2.34. The van der Waals surface area contributed by atoms with Crippen LogP contribution in [-0.4, -0.2) is 31.6 Å². The highest BCUT2D eigenvalue weighted by Gasteiger charge is 2.20. The number of likely N-dealkylation sites (N-methyl/N-ethyl adjacent to an activating group) is 1.